The average molecular weight is 570 g/mol. The molecule has 5 aromatic rings. The van der Waals surface area contributed by atoms with Crippen LogP contribution < -0.4 is 9.04 Å². The molecule has 0 aliphatic carbocycles. The van der Waals surface area contributed by atoms with Crippen LogP contribution in [-0.4, -0.2) is 37.8 Å². The highest BCUT2D eigenvalue weighted by Crippen LogP contribution is 2.33. The Morgan fingerprint density at radius 1 is 0.868 bits per heavy atom. The minimum atomic E-state index is -3.97. The second kappa shape index (κ2) is 10.5. The summed E-state index contributed by atoms with van der Waals surface area (Å²) in [6.45, 7) is 1.89. The second-order valence-electron chi connectivity index (χ2n) is 9.13. The predicted octanol–water partition coefficient (Wildman–Crippen LogP) is 6.67. The van der Waals surface area contributed by atoms with E-state index in [1.807, 2.05) is 35.8 Å². The van der Waals surface area contributed by atoms with Crippen LogP contribution in [0.25, 0.3) is 21.8 Å². The fourth-order valence-corrected chi connectivity index (χ4v) is 6.48. The Morgan fingerprint density at radius 3 is 1.95 bits per heavy atom. The molecule has 0 spiro atoms. The monoisotopic (exact) mass is 568 g/mol. The van der Waals surface area contributed by atoms with Gasteiger partial charge in [0.25, 0.3) is 10.0 Å². The van der Waals surface area contributed by atoms with E-state index in [1.165, 1.54) is 4.31 Å². The highest BCUT2D eigenvalue weighted by atomic mass is 35.5. The second-order valence-corrected chi connectivity index (χ2v) is 11.9. The lowest BCUT2D eigenvalue weighted by molar-refractivity contribution is 0.166. The number of hydrogen-bond donors (Lipinski definition) is 1. The lowest BCUT2D eigenvalue weighted by atomic mass is 10.1. The highest BCUT2D eigenvalue weighted by molar-refractivity contribution is 7.92. The van der Waals surface area contributed by atoms with E-state index in [-0.39, 0.29) is 18.0 Å². The van der Waals surface area contributed by atoms with Crippen molar-refractivity contribution in [2.24, 2.45) is 0 Å². The molecule has 5 rings (SSSR count). The molecule has 0 bridgehead atoms. The van der Waals surface area contributed by atoms with Crippen LogP contribution in [0.2, 0.25) is 10.0 Å². The summed E-state index contributed by atoms with van der Waals surface area (Å²) in [6, 6.07) is 24.5. The fraction of sp³-hybridized carbons (Fsp3) is 0.172. The van der Waals surface area contributed by atoms with E-state index in [4.69, 9.17) is 27.9 Å². The number of aromatic nitrogens is 1. The van der Waals surface area contributed by atoms with Gasteiger partial charge < -0.3 is 14.4 Å². The summed E-state index contributed by atoms with van der Waals surface area (Å²) in [6.07, 6.45) is -1.04. The van der Waals surface area contributed by atoms with Crippen molar-refractivity contribution in [2.45, 2.75) is 24.5 Å². The minimum absolute atomic E-state index is 0.146. The van der Waals surface area contributed by atoms with Crippen LogP contribution in [0.3, 0.4) is 0 Å². The van der Waals surface area contributed by atoms with Gasteiger partial charge in [-0.2, -0.15) is 0 Å². The van der Waals surface area contributed by atoms with E-state index in [0.29, 0.717) is 21.5 Å². The van der Waals surface area contributed by atoms with Gasteiger partial charge in [0.2, 0.25) is 0 Å². The average Bonchev–Trinajstić information content (AvgIpc) is 3.19. The number of anilines is 1. The van der Waals surface area contributed by atoms with E-state index in [0.717, 1.165) is 27.4 Å². The molecular formula is C29H26Cl2N2O4S. The van der Waals surface area contributed by atoms with Gasteiger partial charge in [0.05, 0.1) is 36.9 Å². The van der Waals surface area contributed by atoms with Crippen LogP contribution in [0.1, 0.15) is 5.56 Å². The van der Waals surface area contributed by atoms with Crippen molar-refractivity contribution in [3.63, 3.8) is 0 Å². The third-order valence-corrected chi connectivity index (χ3v) is 8.81. The van der Waals surface area contributed by atoms with E-state index >= 15 is 0 Å². The smallest absolute Gasteiger partial charge is 0.264 e. The number of aliphatic hydroxyl groups is 1. The zero-order valence-corrected chi connectivity index (χ0v) is 23.1. The molecule has 0 saturated carbocycles. The largest absolute Gasteiger partial charge is 0.497 e. The molecule has 0 fully saturated rings. The molecule has 196 valence electrons. The quantitative estimate of drug-likeness (QED) is 0.227. The number of nitrogens with zero attached hydrogens (tertiary/aromatic N) is 2. The van der Waals surface area contributed by atoms with Crippen LogP contribution >= 0.6 is 23.2 Å². The minimum Gasteiger partial charge on any atom is -0.497 e. The first-order chi connectivity index (χ1) is 18.2. The molecular weight excluding hydrogens is 543 g/mol. The molecule has 1 N–H and O–H groups in total. The summed E-state index contributed by atoms with van der Waals surface area (Å²) in [5.41, 5.74) is 3.10. The maximum absolute atomic E-state index is 13.8. The molecule has 0 amide bonds. The first-order valence-corrected chi connectivity index (χ1v) is 14.2. The standard InChI is InChI=1S/C29H26Cl2N2O4S/c1-19-3-11-25(12-4-19)38(35,36)33(22-7-9-24(37-2)10-8-22)18-23(34)17-32-28-13-5-20(30)15-26(28)27-16-21(31)6-14-29(27)32/h3-16,23,34H,17-18H2,1-2H3/t23-/m0/s1. The van der Waals surface area contributed by atoms with Crippen LogP contribution in [0, 0.1) is 6.92 Å². The van der Waals surface area contributed by atoms with E-state index in [9.17, 15) is 13.5 Å². The lowest BCUT2D eigenvalue weighted by Crippen LogP contribution is -2.39. The first kappa shape index (κ1) is 26.4. The summed E-state index contributed by atoms with van der Waals surface area (Å²) in [4.78, 5) is 0.146. The van der Waals surface area contributed by atoms with Crippen molar-refractivity contribution >= 4 is 60.7 Å². The van der Waals surface area contributed by atoms with Crippen molar-refractivity contribution in [2.75, 3.05) is 18.0 Å². The number of fused-ring (bicyclic) bond motifs is 3. The number of benzene rings is 4. The number of rotatable bonds is 8. The van der Waals surface area contributed by atoms with Crippen molar-refractivity contribution in [1.82, 2.24) is 4.57 Å². The maximum Gasteiger partial charge on any atom is 0.264 e. The van der Waals surface area contributed by atoms with Gasteiger partial charge in [-0.25, -0.2) is 8.42 Å². The number of ether oxygens (including phenoxy) is 1. The molecule has 0 unspecified atom stereocenters. The number of sulfonamides is 1. The molecule has 4 aromatic carbocycles. The molecule has 0 radical (unpaired) electrons. The van der Waals surface area contributed by atoms with Crippen LogP contribution in [0.5, 0.6) is 5.75 Å². The highest BCUT2D eigenvalue weighted by Gasteiger charge is 2.28. The topological polar surface area (TPSA) is 71.8 Å². The number of hydrogen-bond acceptors (Lipinski definition) is 4. The van der Waals surface area contributed by atoms with Gasteiger partial charge in [0.1, 0.15) is 5.75 Å². The van der Waals surface area contributed by atoms with Crippen LogP contribution in [0.15, 0.2) is 89.8 Å². The van der Waals surface area contributed by atoms with Gasteiger partial charge in [-0.05, 0) is 79.7 Å². The SMILES string of the molecule is COc1ccc(N(C[C@@H](O)Cn2c3ccc(Cl)cc3c3cc(Cl)ccc32)S(=O)(=O)c2ccc(C)cc2)cc1. The van der Waals surface area contributed by atoms with E-state index in [1.54, 1.807) is 67.8 Å². The van der Waals surface area contributed by atoms with E-state index < -0.39 is 16.1 Å². The number of aryl methyl sites for hydroxylation is 1. The Balaban J connectivity index is 1.54. The van der Waals surface area contributed by atoms with Gasteiger partial charge in [-0.15, -0.1) is 0 Å². The normalized spacial score (nSPS) is 12.7. The zero-order chi connectivity index (χ0) is 27.0. The van der Waals surface area contributed by atoms with E-state index in [2.05, 4.69) is 0 Å². The molecule has 38 heavy (non-hydrogen) atoms. The summed E-state index contributed by atoms with van der Waals surface area (Å²) in [5.74, 6) is 0.601. The Labute approximate surface area is 231 Å². The molecule has 0 aliphatic rings. The fourth-order valence-electron chi connectivity index (χ4n) is 4.63. The third kappa shape index (κ3) is 5.07. The molecule has 1 atom stereocenters. The molecule has 0 saturated heterocycles. The maximum atomic E-state index is 13.8. The van der Waals surface area contributed by atoms with Crippen LogP contribution in [0.4, 0.5) is 5.69 Å². The summed E-state index contributed by atoms with van der Waals surface area (Å²) in [7, 11) is -2.43. The Kier molecular flexibility index (Phi) is 7.29. The van der Waals surface area contributed by atoms with Crippen molar-refractivity contribution in [3.8, 4) is 5.75 Å². The molecule has 6 nitrogen and oxygen atoms in total. The molecule has 1 heterocycles. The summed E-state index contributed by atoms with van der Waals surface area (Å²) in [5, 5.41) is 14.3. The Bertz CT molecular complexity index is 1660. The Hall–Kier alpha value is -3.23. The van der Waals surface area contributed by atoms with Gasteiger partial charge in [-0.3, -0.25) is 4.31 Å². The zero-order valence-electron chi connectivity index (χ0n) is 20.8. The van der Waals surface area contributed by atoms with Gasteiger partial charge >= 0.3 is 0 Å². The lowest BCUT2D eigenvalue weighted by Gasteiger charge is -2.27. The first-order valence-electron chi connectivity index (χ1n) is 12.0. The van der Waals surface area contributed by atoms with Gasteiger partial charge in [0, 0.05) is 31.9 Å². The van der Waals surface area contributed by atoms with Gasteiger partial charge in [-0.1, -0.05) is 40.9 Å². The molecule has 1 aromatic heterocycles. The van der Waals surface area contributed by atoms with Crippen molar-refractivity contribution in [1.29, 1.82) is 0 Å². The summed E-state index contributed by atoms with van der Waals surface area (Å²) >= 11 is 12.6. The van der Waals surface area contributed by atoms with Gasteiger partial charge in [0.15, 0.2) is 0 Å². The molecule has 9 heteroatoms. The summed E-state index contributed by atoms with van der Waals surface area (Å²) < 4.78 is 36.0. The predicted molar refractivity (Wildman–Crippen MR) is 154 cm³/mol. The number of aliphatic hydroxyl groups excluding tert-OH is 1. The molecule has 0 aliphatic heterocycles. The number of halogens is 2. The van der Waals surface area contributed by atoms with Crippen molar-refractivity contribution in [3.05, 3.63) is 101 Å². The van der Waals surface area contributed by atoms with Crippen molar-refractivity contribution < 1.29 is 18.3 Å². The van der Waals surface area contributed by atoms with Crippen LogP contribution in [-0.2, 0) is 16.6 Å². The Morgan fingerprint density at radius 2 is 1.42 bits per heavy atom. The number of methoxy groups -OCH3 is 1. The third-order valence-electron chi connectivity index (χ3n) is 6.53.